The van der Waals surface area contributed by atoms with Crippen LogP contribution in [0.15, 0.2) is 52.0 Å². The van der Waals surface area contributed by atoms with E-state index in [2.05, 4.69) is 6.08 Å². The Kier molecular flexibility index (Phi) is 13.4. The maximum Gasteiger partial charge on any atom is 0.228 e. The molecule has 0 aliphatic heterocycles. The van der Waals surface area contributed by atoms with Gasteiger partial charge in [-0.05, 0) is 66.0 Å². The number of hydrogen-bond acceptors (Lipinski definition) is 7. The van der Waals surface area contributed by atoms with Crippen molar-refractivity contribution in [2.75, 3.05) is 28.4 Å². The molecule has 2 rings (SSSR count). The molecule has 1 aromatic carbocycles. The Bertz CT molecular complexity index is 1080. The molecule has 0 saturated heterocycles. The Balaban J connectivity index is 0.000000663. The number of aryl methyl sites for hydroxylation is 1. The highest BCUT2D eigenvalue weighted by atomic mass is 16.5. The lowest BCUT2D eigenvalue weighted by Gasteiger charge is -2.19. The lowest BCUT2D eigenvalue weighted by Crippen LogP contribution is -2.24. The highest BCUT2D eigenvalue weighted by Gasteiger charge is 2.33. The van der Waals surface area contributed by atoms with E-state index in [0.717, 1.165) is 16.7 Å². The van der Waals surface area contributed by atoms with Gasteiger partial charge in [-0.25, -0.2) is 0 Å². The number of phenols is 1. The summed E-state index contributed by atoms with van der Waals surface area (Å²) in [7, 11) is 5.80. The highest BCUT2D eigenvalue weighted by molar-refractivity contribution is 6.23. The first-order valence-corrected chi connectivity index (χ1v) is 11.3. The molecule has 0 unspecified atom stereocenters. The molecule has 200 valence electrons. The van der Waals surface area contributed by atoms with Crippen molar-refractivity contribution in [1.29, 1.82) is 0 Å². The van der Waals surface area contributed by atoms with Gasteiger partial charge in [0.25, 0.3) is 0 Å². The van der Waals surface area contributed by atoms with Gasteiger partial charge in [0.1, 0.15) is 0 Å². The molecule has 0 aromatic heterocycles. The van der Waals surface area contributed by atoms with Crippen LogP contribution in [-0.4, -0.2) is 45.1 Å². The van der Waals surface area contributed by atoms with Gasteiger partial charge in [0, 0.05) is 16.7 Å². The third kappa shape index (κ3) is 7.77. The molecule has 0 spiro atoms. The highest BCUT2D eigenvalue weighted by Crippen LogP contribution is 2.41. The minimum atomic E-state index is -0.286. The molecule has 7 nitrogen and oxygen atoms in total. The molecule has 36 heavy (non-hydrogen) atoms. The molecule has 0 atom stereocenters. The molecule has 1 N–H and O–H groups in total. The van der Waals surface area contributed by atoms with Crippen LogP contribution in [0, 0.1) is 6.92 Å². The van der Waals surface area contributed by atoms with Crippen molar-refractivity contribution in [2.45, 2.75) is 61.8 Å². The van der Waals surface area contributed by atoms with Crippen LogP contribution in [0.4, 0.5) is 0 Å². The summed E-state index contributed by atoms with van der Waals surface area (Å²) in [6.45, 7) is 11.5. The Hall–Kier alpha value is -3.48. The number of allylic oxidation sites excluding steroid dienone is 6. The van der Waals surface area contributed by atoms with Crippen LogP contribution in [0.1, 0.15) is 59.6 Å². The second-order valence-electron chi connectivity index (χ2n) is 8.56. The van der Waals surface area contributed by atoms with E-state index in [-0.39, 0.29) is 36.3 Å². The SMILES string of the molecule is C.COC1=C(OC)C(=O)C(CC=C(C)C)=C(C)C1=O.COc1cc(C)c(CC=C(C)C)c(O)c1OC. The second-order valence-corrected chi connectivity index (χ2v) is 8.56. The molecule has 0 saturated carbocycles. The van der Waals surface area contributed by atoms with Crippen molar-refractivity contribution in [2.24, 2.45) is 0 Å². The fraction of sp³-hybridized carbons (Fsp3) is 0.448. The summed E-state index contributed by atoms with van der Waals surface area (Å²) in [4.78, 5) is 24.2. The van der Waals surface area contributed by atoms with Crippen molar-refractivity contribution < 1.29 is 33.6 Å². The first-order valence-electron chi connectivity index (χ1n) is 11.3. The quantitative estimate of drug-likeness (QED) is 0.335. The van der Waals surface area contributed by atoms with Crippen molar-refractivity contribution in [3.63, 3.8) is 0 Å². The maximum atomic E-state index is 12.2. The van der Waals surface area contributed by atoms with Crippen LogP contribution < -0.4 is 9.47 Å². The Morgan fingerprint density at radius 1 is 0.806 bits per heavy atom. The monoisotopic (exact) mass is 502 g/mol. The molecule has 0 bridgehead atoms. The summed E-state index contributed by atoms with van der Waals surface area (Å²) >= 11 is 0. The van der Waals surface area contributed by atoms with E-state index >= 15 is 0 Å². The molecule has 0 radical (unpaired) electrons. The number of benzene rings is 1. The molecule has 7 heteroatoms. The second kappa shape index (κ2) is 14.8. The third-order valence-electron chi connectivity index (χ3n) is 5.50. The summed E-state index contributed by atoms with van der Waals surface area (Å²) in [5.74, 6) is 0.543. The first kappa shape index (κ1) is 32.5. The smallest absolute Gasteiger partial charge is 0.228 e. The van der Waals surface area contributed by atoms with Crippen molar-refractivity contribution >= 4 is 11.6 Å². The van der Waals surface area contributed by atoms with E-state index in [1.165, 1.54) is 26.9 Å². The van der Waals surface area contributed by atoms with Gasteiger partial charge in [0.05, 0.1) is 28.4 Å². The van der Waals surface area contributed by atoms with Crippen LogP contribution in [0.3, 0.4) is 0 Å². The number of hydrogen-bond donors (Lipinski definition) is 1. The van der Waals surface area contributed by atoms with Gasteiger partial charge in [-0.2, -0.15) is 0 Å². The van der Waals surface area contributed by atoms with Crippen LogP contribution in [0.25, 0.3) is 0 Å². The molecule has 1 aromatic rings. The molecule has 0 amide bonds. The van der Waals surface area contributed by atoms with E-state index in [1.54, 1.807) is 14.0 Å². The van der Waals surface area contributed by atoms with Crippen molar-refractivity contribution in [3.8, 4) is 17.2 Å². The van der Waals surface area contributed by atoms with Gasteiger partial charge >= 0.3 is 0 Å². The van der Waals surface area contributed by atoms with Gasteiger partial charge in [-0.15, -0.1) is 0 Å². The Morgan fingerprint density at radius 3 is 1.75 bits per heavy atom. The van der Waals surface area contributed by atoms with Crippen LogP contribution >= 0.6 is 0 Å². The number of rotatable bonds is 8. The minimum absolute atomic E-state index is 0. The number of Topliss-reactive ketones (excluding diaryl/α,β-unsaturated/α-hetero) is 2. The zero-order valence-corrected chi connectivity index (χ0v) is 22.5. The average molecular weight is 503 g/mol. The number of carbonyl (C=O) groups excluding carboxylic acids is 2. The number of methoxy groups -OCH3 is 4. The van der Waals surface area contributed by atoms with Gasteiger partial charge < -0.3 is 24.1 Å². The molecular formula is C29H42O7. The normalized spacial score (nSPS) is 12.7. The van der Waals surface area contributed by atoms with Gasteiger partial charge in [-0.1, -0.05) is 30.7 Å². The number of ketones is 2. The minimum Gasteiger partial charge on any atom is -0.504 e. The first-order chi connectivity index (χ1) is 16.4. The number of aromatic hydroxyl groups is 1. The summed E-state index contributed by atoms with van der Waals surface area (Å²) in [6.07, 6.45) is 5.12. The molecule has 1 aliphatic carbocycles. The zero-order valence-electron chi connectivity index (χ0n) is 22.5. The largest absolute Gasteiger partial charge is 0.504 e. The fourth-order valence-electron chi connectivity index (χ4n) is 3.45. The molecule has 0 heterocycles. The molecule has 1 aliphatic rings. The van der Waals surface area contributed by atoms with E-state index in [0.29, 0.717) is 35.5 Å². The summed E-state index contributed by atoms with van der Waals surface area (Å²) in [6, 6.07) is 1.88. The predicted molar refractivity (Wildman–Crippen MR) is 144 cm³/mol. The van der Waals surface area contributed by atoms with Crippen LogP contribution in [0.5, 0.6) is 17.2 Å². The maximum absolute atomic E-state index is 12.2. The van der Waals surface area contributed by atoms with Gasteiger partial charge in [-0.3, -0.25) is 9.59 Å². The lowest BCUT2D eigenvalue weighted by atomic mass is 9.90. The standard InChI is InChI=1S/C14H18O4.C14H20O3.CH4/c1-8(2)6-7-10-9(3)11(15)13(17-4)14(18-5)12(10)16;1-9(2)6-7-11-10(3)8-12(16-4)14(17-5)13(11)15;/h6H,7H2,1-5H3;6,8,15H,7H2,1-5H3;1H4. The Labute approximate surface area is 216 Å². The summed E-state index contributed by atoms with van der Waals surface area (Å²) < 4.78 is 20.3. The van der Waals surface area contributed by atoms with Crippen molar-refractivity contribution in [1.82, 2.24) is 0 Å². The molecular weight excluding hydrogens is 460 g/mol. The van der Waals surface area contributed by atoms with Crippen LogP contribution in [-0.2, 0) is 25.5 Å². The predicted octanol–water partition coefficient (Wildman–Crippen LogP) is 6.18. The lowest BCUT2D eigenvalue weighted by molar-refractivity contribution is -0.121. The topological polar surface area (TPSA) is 91.3 Å². The number of phenolic OH excluding ortho intramolecular Hbond substituents is 1. The summed E-state index contributed by atoms with van der Waals surface area (Å²) in [5, 5.41) is 10.2. The van der Waals surface area contributed by atoms with Crippen LogP contribution in [0.2, 0.25) is 0 Å². The van der Waals surface area contributed by atoms with E-state index < -0.39 is 0 Å². The van der Waals surface area contributed by atoms with Crippen molar-refractivity contribution in [3.05, 3.63) is 63.2 Å². The van der Waals surface area contributed by atoms with E-state index in [9.17, 15) is 14.7 Å². The fourth-order valence-corrected chi connectivity index (χ4v) is 3.45. The molecule has 0 fully saturated rings. The summed E-state index contributed by atoms with van der Waals surface area (Å²) in [5.41, 5.74) is 5.09. The number of ether oxygens (including phenoxy) is 4. The van der Waals surface area contributed by atoms with E-state index in [1.807, 2.05) is 46.8 Å². The third-order valence-corrected chi connectivity index (χ3v) is 5.50. The Morgan fingerprint density at radius 2 is 1.31 bits per heavy atom. The zero-order chi connectivity index (χ0) is 26.9. The average Bonchev–Trinajstić information content (AvgIpc) is 2.80. The van der Waals surface area contributed by atoms with Gasteiger partial charge in [0.2, 0.25) is 28.8 Å². The van der Waals surface area contributed by atoms with E-state index in [4.69, 9.17) is 18.9 Å². The van der Waals surface area contributed by atoms with Gasteiger partial charge in [0.15, 0.2) is 11.5 Å². The number of carbonyl (C=O) groups is 2.